The molecule has 2 aromatic rings. The van der Waals surface area contributed by atoms with E-state index in [4.69, 9.17) is 14.2 Å². The number of dihydropyridines is 1. The van der Waals surface area contributed by atoms with Crippen LogP contribution in [0.4, 0.5) is 0 Å². The summed E-state index contributed by atoms with van der Waals surface area (Å²) in [4.78, 5) is 52.7. The topological polar surface area (TPSA) is 111 Å². The van der Waals surface area contributed by atoms with Gasteiger partial charge in [0, 0.05) is 23.5 Å². The van der Waals surface area contributed by atoms with Crippen LogP contribution in [0.5, 0.6) is 5.75 Å². The van der Waals surface area contributed by atoms with Crippen molar-refractivity contribution in [2.45, 2.75) is 52.9 Å². The first-order chi connectivity index (χ1) is 19.8. The van der Waals surface area contributed by atoms with Gasteiger partial charge in [0.2, 0.25) is 0 Å². The van der Waals surface area contributed by atoms with Gasteiger partial charge in [-0.3, -0.25) is 14.5 Å². The number of esters is 2. The van der Waals surface area contributed by atoms with Crippen LogP contribution in [0.3, 0.4) is 0 Å². The highest BCUT2D eigenvalue weighted by atomic mass is 16.5. The standard InChI is InChI=1S/C32H36N2O7/c1-5-39-31(37)26-20(3)33-21(4)27(32(38)40-6-2)28(26)24-16-10-11-17-25(24)41-19-13-7-12-18-34-29(35)22-14-8-9-15-23(22)30(34)36/h8-11,14-17,28,33H,5-7,12-13,18-19H2,1-4H3. The molecule has 4 rings (SSSR count). The number of benzene rings is 2. The van der Waals surface area contributed by atoms with E-state index < -0.39 is 17.9 Å². The van der Waals surface area contributed by atoms with Gasteiger partial charge in [-0.05, 0) is 65.2 Å². The molecule has 2 heterocycles. The predicted molar refractivity (Wildman–Crippen MR) is 152 cm³/mol. The number of unbranched alkanes of at least 4 members (excludes halogenated alkanes) is 2. The first-order valence-electron chi connectivity index (χ1n) is 14.0. The Kier molecular flexibility index (Phi) is 9.60. The maximum Gasteiger partial charge on any atom is 0.336 e. The van der Waals surface area contributed by atoms with Crippen molar-refractivity contribution in [3.05, 3.63) is 87.8 Å². The fourth-order valence-corrected chi connectivity index (χ4v) is 5.29. The number of imide groups is 1. The van der Waals surface area contributed by atoms with E-state index in [9.17, 15) is 19.2 Å². The summed E-state index contributed by atoms with van der Waals surface area (Å²) in [6, 6.07) is 14.2. The number of nitrogens with one attached hydrogen (secondary N) is 1. The molecule has 1 N–H and O–H groups in total. The zero-order valence-electron chi connectivity index (χ0n) is 24.0. The number of hydrogen-bond acceptors (Lipinski definition) is 8. The van der Waals surface area contributed by atoms with Crippen molar-refractivity contribution in [2.24, 2.45) is 0 Å². The third kappa shape index (κ3) is 6.19. The third-order valence-corrected chi connectivity index (χ3v) is 7.14. The molecule has 0 atom stereocenters. The van der Waals surface area contributed by atoms with Gasteiger partial charge in [0.05, 0.1) is 48.0 Å². The summed E-state index contributed by atoms with van der Waals surface area (Å²) >= 11 is 0. The number of ether oxygens (including phenoxy) is 3. The van der Waals surface area contributed by atoms with Gasteiger partial charge < -0.3 is 19.5 Å². The van der Waals surface area contributed by atoms with Crippen molar-refractivity contribution < 1.29 is 33.4 Å². The number of nitrogens with zero attached hydrogens (tertiary/aromatic N) is 1. The molecule has 216 valence electrons. The van der Waals surface area contributed by atoms with Crippen molar-refractivity contribution in [2.75, 3.05) is 26.4 Å². The van der Waals surface area contributed by atoms with Crippen molar-refractivity contribution in [3.8, 4) is 5.75 Å². The minimum Gasteiger partial charge on any atom is -0.493 e. The monoisotopic (exact) mass is 560 g/mol. The van der Waals surface area contributed by atoms with E-state index in [0.29, 0.717) is 71.0 Å². The second kappa shape index (κ2) is 13.3. The van der Waals surface area contributed by atoms with E-state index in [1.165, 1.54) is 4.90 Å². The lowest BCUT2D eigenvalue weighted by molar-refractivity contribution is -0.139. The van der Waals surface area contributed by atoms with Crippen LogP contribution in [0.15, 0.2) is 71.1 Å². The Morgan fingerprint density at radius 3 is 1.88 bits per heavy atom. The number of fused-ring (bicyclic) bond motifs is 1. The number of hydrogen-bond donors (Lipinski definition) is 1. The van der Waals surface area contributed by atoms with E-state index in [1.54, 1.807) is 52.0 Å². The van der Waals surface area contributed by atoms with Crippen molar-refractivity contribution in [1.82, 2.24) is 10.2 Å². The first-order valence-corrected chi connectivity index (χ1v) is 14.0. The average Bonchev–Trinajstić information content (AvgIpc) is 3.19. The largest absolute Gasteiger partial charge is 0.493 e. The zero-order valence-corrected chi connectivity index (χ0v) is 24.0. The van der Waals surface area contributed by atoms with Gasteiger partial charge in [0.15, 0.2) is 0 Å². The molecule has 0 saturated heterocycles. The minimum absolute atomic E-state index is 0.193. The summed E-state index contributed by atoms with van der Waals surface area (Å²) in [5.41, 5.74) is 3.42. The van der Waals surface area contributed by atoms with Gasteiger partial charge in [-0.2, -0.15) is 0 Å². The Morgan fingerprint density at radius 2 is 1.32 bits per heavy atom. The summed E-state index contributed by atoms with van der Waals surface area (Å²) in [6.45, 7) is 8.13. The molecule has 2 aromatic carbocycles. The van der Waals surface area contributed by atoms with E-state index in [2.05, 4.69) is 5.32 Å². The molecule has 0 fully saturated rings. The first kappa shape index (κ1) is 29.6. The Hall–Kier alpha value is -4.40. The van der Waals surface area contributed by atoms with Crippen LogP contribution in [0.25, 0.3) is 0 Å². The molecular formula is C32H36N2O7. The molecule has 41 heavy (non-hydrogen) atoms. The van der Waals surface area contributed by atoms with Gasteiger partial charge in [0.25, 0.3) is 11.8 Å². The number of amides is 2. The van der Waals surface area contributed by atoms with Gasteiger partial charge in [-0.15, -0.1) is 0 Å². The molecule has 0 aromatic heterocycles. The molecule has 0 spiro atoms. The van der Waals surface area contributed by atoms with E-state index in [1.807, 2.05) is 24.3 Å². The van der Waals surface area contributed by atoms with Crippen molar-refractivity contribution >= 4 is 23.8 Å². The predicted octanol–water partition coefficient (Wildman–Crippen LogP) is 4.89. The molecule has 0 unspecified atom stereocenters. The second-order valence-electron chi connectivity index (χ2n) is 9.83. The smallest absolute Gasteiger partial charge is 0.336 e. The normalized spacial score (nSPS) is 15.2. The summed E-state index contributed by atoms with van der Waals surface area (Å²) in [5, 5.41) is 3.14. The summed E-state index contributed by atoms with van der Waals surface area (Å²) in [6.07, 6.45) is 2.07. The lowest BCUT2D eigenvalue weighted by atomic mass is 9.80. The Labute approximate surface area is 240 Å². The Bertz CT molecular complexity index is 1330. The zero-order chi connectivity index (χ0) is 29.5. The molecule has 2 amide bonds. The van der Waals surface area contributed by atoms with Gasteiger partial charge in [0.1, 0.15) is 5.75 Å². The number of rotatable bonds is 12. The molecule has 0 aliphatic carbocycles. The molecule has 0 radical (unpaired) electrons. The van der Waals surface area contributed by atoms with E-state index in [0.717, 1.165) is 6.42 Å². The molecule has 2 aliphatic rings. The van der Waals surface area contributed by atoms with E-state index in [-0.39, 0.29) is 25.0 Å². The average molecular weight is 561 g/mol. The van der Waals surface area contributed by atoms with Crippen LogP contribution in [-0.4, -0.2) is 55.0 Å². The van der Waals surface area contributed by atoms with Crippen molar-refractivity contribution in [1.29, 1.82) is 0 Å². The fraction of sp³-hybridized carbons (Fsp3) is 0.375. The molecule has 2 aliphatic heterocycles. The summed E-state index contributed by atoms with van der Waals surface area (Å²) < 4.78 is 16.9. The van der Waals surface area contributed by atoms with Crippen LogP contribution in [0.1, 0.15) is 79.2 Å². The van der Waals surface area contributed by atoms with E-state index >= 15 is 0 Å². The number of carbonyl (C=O) groups excluding carboxylic acids is 4. The van der Waals surface area contributed by atoms with Crippen LogP contribution >= 0.6 is 0 Å². The molecular weight excluding hydrogens is 524 g/mol. The summed E-state index contributed by atoms with van der Waals surface area (Å²) in [7, 11) is 0. The second-order valence-corrected chi connectivity index (χ2v) is 9.83. The summed E-state index contributed by atoms with van der Waals surface area (Å²) in [5.74, 6) is -1.72. The Balaban J connectivity index is 1.45. The van der Waals surface area contributed by atoms with Crippen molar-refractivity contribution in [3.63, 3.8) is 0 Å². The highest BCUT2D eigenvalue weighted by Gasteiger charge is 2.39. The SMILES string of the molecule is CCOC(=O)C1=C(C)NC(C)=C(C(=O)OCC)C1c1ccccc1OCCCCCN1C(=O)c2ccccc2C1=O. The van der Waals surface area contributed by atoms with Crippen LogP contribution in [-0.2, 0) is 19.1 Å². The lowest BCUT2D eigenvalue weighted by Gasteiger charge is -2.31. The number of carbonyl (C=O) groups is 4. The van der Waals surface area contributed by atoms with Crippen LogP contribution in [0.2, 0.25) is 0 Å². The van der Waals surface area contributed by atoms with Gasteiger partial charge in [-0.1, -0.05) is 30.3 Å². The molecule has 0 bridgehead atoms. The third-order valence-electron chi connectivity index (χ3n) is 7.14. The van der Waals surface area contributed by atoms with Crippen LogP contribution < -0.4 is 10.1 Å². The molecule has 0 saturated carbocycles. The maximum absolute atomic E-state index is 13.1. The fourth-order valence-electron chi connectivity index (χ4n) is 5.29. The molecule has 9 heteroatoms. The quantitative estimate of drug-likeness (QED) is 0.222. The lowest BCUT2D eigenvalue weighted by Crippen LogP contribution is -2.32. The number of allylic oxidation sites excluding steroid dienone is 2. The van der Waals surface area contributed by atoms with Gasteiger partial charge >= 0.3 is 11.9 Å². The van der Waals surface area contributed by atoms with Crippen LogP contribution in [0, 0.1) is 0 Å². The highest BCUT2D eigenvalue weighted by Crippen LogP contribution is 2.42. The maximum atomic E-state index is 13.1. The van der Waals surface area contributed by atoms with Gasteiger partial charge in [-0.25, -0.2) is 9.59 Å². The highest BCUT2D eigenvalue weighted by molar-refractivity contribution is 6.21. The Morgan fingerprint density at radius 1 is 0.780 bits per heavy atom. The number of para-hydroxylation sites is 1. The molecule has 9 nitrogen and oxygen atoms in total. The minimum atomic E-state index is -0.737.